The average molecular weight is 342 g/mol. The molecule has 0 amide bonds. The van der Waals surface area contributed by atoms with Gasteiger partial charge in [-0.15, -0.1) is 10.2 Å². The summed E-state index contributed by atoms with van der Waals surface area (Å²) in [4.78, 5) is 11.6. The number of rotatable bonds is 8. The highest BCUT2D eigenvalue weighted by Crippen LogP contribution is 2.32. The van der Waals surface area contributed by atoms with Crippen molar-refractivity contribution < 1.29 is 23.1 Å². The first-order valence-corrected chi connectivity index (χ1v) is 7.43. The summed E-state index contributed by atoms with van der Waals surface area (Å²) in [5.74, 6) is -2.65. The Hall–Kier alpha value is -2.45. The zero-order chi connectivity index (χ0) is 17.6. The van der Waals surface area contributed by atoms with E-state index in [1.54, 1.807) is 0 Å². The Labute approximate surface area is 136 Å². The van der Waals surface area contributed by atoms with E-state index in [0.29, 0.717) is 6.42 Å². The van der Waals surface area contributed by atoms with E-state index in [1.807, 2.05) is 30.3 Å². The number of aromatic nitrogens is 4. The topological polar surface area (TPSA) is 91.8 Å². The van der Waals surface area contributed by atoms with Crippen LogP contribution in [0.5, 0.6) is 0 Å². The van der Waals surface area contributed by atoms with Gasteiger partial charge in [0, 0.05) is 12.3 Å². The molecule has 130 valence electrons. The minimum atomic E-state index is -4.30. The van der Waals surface area contributed by atoms with Crippen LogP contribution in [-0.2, 0) is 11.2 Å². The van der Waals surface area contributed by atoms with Crippen molar-refractivity contribution in [3.05, 3.63) is 41.7 Å². The fraction of sp³-hybridized carbons (Fsp3) is 0.467. The van der Waals surface area contributed by atoms with Gasteiger partial charge in [0.1, 0.15) is 0 Å². The van der Waals surface area contributed by atoms with Crippen molar-refractivity contribution in [1.82, 2.24) is 20.6 Å². The number of carbonyl (C=O) groups is 1. The quantitative estimate of drug-likeness (QED) is 0.769. The lowest BCUT2D eigenvalue weighted by molar-refractivity contribution is -0.146. The Kier molecular flexibility index (Phi) is 5.88. The maximum atomic E-state index is 12.3. The molecule has 0 bridgehead atoms. The molecule has 1 aromatic carbocycles. The van der Waals surface area contributed by atoms with Crippen LogP contribution in [0.15, 0.2) is 30.3 Å². The average Bonchev–Trinajstić information content (AvgIpc) is 3.03. The lowest BCUT2D eigenvalue weighted by Gasteiger charge is -2.21. The molecule has 0 fully saturated rings. The number of alkyl halides is 3. The molecule has 0 spiro atoms. The molecule has 6 nitrogen and oxygen atoms in total. The van der Waals surface area contributed by atoms with Gasteiger partial charge in [0.2, 0.25) is 0 Å². The first-order valence-electron chi connectivity index (χ1n) is 7.43. The molecule has 2 atom stereocenters. The molecule has 0 saturated heterocycles. The Bertz CT molecular complexity index is 632. The highest BCUT2D eigenvalue weighted by atomic mass is 19.4. The third kappa shape index (κ3) is 5.32. The number of nitrogens with zero attached hydrogens (tertiary/aromatic N) is 3. The summed E-state index contributed by atoms with van der Waals surface area (Å²) < 4.78 is 37.0. The van der Waals surface area contributed by atoms with E-state index in [1.165, 1.54) is 0 Å². The molecule has 1 heterocycles. The summed E-state index contributed by atoms with van der Waals surface area (Å²) in [5, 5.41) is 22.9. The number of hydrogen-bond donors (Lipinski definition) is 2. The number of carboxylic acid groups (broad SMARTS) is 1. The highest BCUT2D eigenvalue weighted by Gasteiger charge is 2.34. The van der Waals surface area contributed by atoms with Gasteiger partial charge in [-0.1, -0.05) is 35.5 Å². The predicted octanol–water partition coefficient (Wildman–Crippen LogP) is 2.96. The van der Waals surface area contributed by atoms with E-state index < -0.39 is 30.4 Å². The van der Waals surface area contributed by atoms with Crippen LogP contribution in [0.3, 0.4) is 0 Å². The van der Waals surface area contributed by atoms with Gasteiger partial charge in [-0.25, -0.2) is 0 Å². The molecule has 1 aromatic heterocycles. The minimum absolute atomic E-state index is 0.110. The number of aliphatic carboxylic acids is 1. The Balaban J connectivity index is 2.17. The van der Waals surface area contributed by atoms with E-state index in [9.17, 15) is 23.1 Å². The smallest absolute Gasteiger partial charge is 0.389 e. The first kappa shape index (κ1) is 17.9. The van der Waals surface area contributed by atoms with Gasteiger partial charge >= 0.3 is 12.1 Å². The summed E-state index contributed by atoms with van der Waals surface area (Å²) in [5.41, 5.74) is 0.856. The van der Waals surface area contributed by atoms with E-state index in [2.05, 4.69) is 20.6 Å². The van der Waals surface area contributed by atoms with Gasteiger partial charge in [0.05, 0.1) is 5.92 Å². The van der Waals surface area contributed by atoms with Crippen LogP contribution in [-0.4, -0.2) is 37.9 Å². The van der Waals surface area contributed by atoms with Crippen molar-refractivity contribution >= 4 is 5.97 Å². The Morgan fingerprint density at radius 1 is 1.25 bits per heavy atom. The number of benzene rings is 1. The third-order valence-corrected chi connectivity index (χ3v) is 3.77. The molecule has 2 N–H and O–H groups in total. The number of carboxylic acids is 1. The van der Waals surface area contributed by atoms with Gasteiger partial charge in [0.15, 0.2) is 5.82 Å². The van der Waals surface area contributed by atoms with Crippen LogP contribution < -0.4 is 0 Å². The van der Waals surface area contributed by atoms with Crippen molar-refractivity contribution in [3.8, 4) is 0 Å². The molecule has 0 saturated carbocycles. The second-order valence-corrected chi connectivity index (χ2v) is 5.52. The van der Waals surface area contributed by atoms with E-state index in [4.69, 9.17) is 0 Å². The van der Waals surface area contributed by atoms with Crippen LogP contribution in [0.1, 0.15) is 36.6 Å². The summed E-state index contributed by atoms with van der Waals surface area (Å²) in [6, 6.07) is 9.08. The van der Waals surface area contributed by atoms with E-state index in [-0.39, 0.29) is 18.7 Å². The summed E-state index contributed by atoms with van der Waals surface area (Å²) in [6.07, 6.45) is -5.38. The van der Waals surface area contributed by atoms with Crippen molar-refractivity contribution in [2.75, 3.05) is 0 Å². The first-order chi connectivity index (χ1) is 11.4. The van der Waals surface area contributed by atoms with Crippen molar-refractivity contribution in [1.29, 1.82) is 0 Å². The second kappa shape index (κ2) is 7.89. The standard InChI is InChI=1S/C15H17F3N4O2/c16-15(17,18)8-4-7-11(14(23)24)12(13-19-21-22-20-13)9-10-5-2-1-3-6-10/h1-3,5-6,11-12H,4,7-9H2,(H,23,24)(H,19,20,21,22). The fourth-order valence-electron chi connectivity index (χ4n) is 2.63. The molecule has 2 rings (SSSR count). The van der Waals surface area contributed by atoms with Crippen LogP contribution in [0.25, 0.3) is 0 Å². The van der Waals surface area contributed by atoms with Crippen molar-refractivity contribution in [2.45, 2.75) is 37.8 Å². The maximum absolute atomic E-state index is 12.3. The Morgan fingerprint density at radius 2 is 1.96 bits per heavy atom. The van der Waals surface area contributed by atoms with E-state index in [0.717, 1.165) is 5.56 Å². The van der Waals surface area contributed by atoms with Crippen LogP contribution in [0.2, 0.25) is 0 Å². The Morgan fingerprint density at radius 3 is 2.50 bits per heavy atom. The van der Waals surface area contributed by atoms with Crippen molar-refractivity contribution in [2.24, 2.45) is 5.92 Å². The van der Waals surface area contributed by atoms with Gasteiger partial charge in [-0.3, -0.25) is 4.79 Å². The number of tetrazole rings is 1. The highest BCUT2D eigenvalue weighted by molar-refractivity contribution is 5.71. The zero-order valence-electron chi connectivity index (χ0n) is 12.7. The molecule has 0 aliphatic rings. The maximum Gasteiger partial charge on any atom is 0.389 e. The zero-order valence-corrected chi connectivity index (χ0v) is 12.7. The molecule has 0 radical (unpaired) electrons. The number of nitrogens with one attached hydrogen (secondary N) is 1. The fourth-order valence-corrected chi connectivity index (χ4v) is 2.63. The van der Waals surface area contributed by atoms with Gasteiger partial charge in [-0.05, 0) is 24.8 Å². The molecule has 9 heteroatoms. The molecular weight excluding hydrogens is 325 g/mol. The number of aromatic amines is 1. The van der Waals surface area contributed by atoms with Crippen LogP contribution in [0.4, 0.5) is 13.2 Å². The molecule has 0 aliphatic heterocycles. The molecule has 0 aliphatic carbocycles. The van der Waals surface area contributed by atoms with Crippen LogP contribution >= 0.6 is 0 Å². The van der Waals surface area contributed by atoms with Crippen molar-refractivity contribution in [3.63, 3.8) is 0 Å². The van der Waals surface area contributed by atoms with Gasteiger partial charge < -0.3 is 5.11 Å². The van der Waals surface area contributed by atoms with Gasteiger partial charge in [-0.2, -0.15) is 18.4 Å². The number of hydrogen-bond acceptors (Lipinski definition) is 4. The monoisotopic (exact) mass is 342 g/mol. The third-order valence-electron chi connectivity index (χ3n) is 3.77. The molecular formula is C15H17F3N4O2. The van der Waals surface area contributed by atoms with Crippen LogP contribution in [0, 0.1) is 5.92 Å². The lowest BCUT2D eigenvalue weighted by atomic mass is 9.83. The summed E-state index contributed by atoms with van der Waals surface area (Å²) >= 11 is 0. The summed E-state index contributed by atoms with van der Waals surface area (Å²) in [7, 11) is 0. The molecule has 2 aromatic rings. The molecule has 2 unspecified atom stereocenters. The molecule has 24 heavy (non-hydrogen) atoms. The minimum Gasteiger partial charge on any atom is -0.481 e. The number of halogens is 3. The van der Waals surface area contributed by atoms with E-state index >= 15 is 0 Å². The SMILES string of the molecule is O=C(O)C(CCCC(F)(F)F)C(Cc1ccccc1)c1nn[nH]n1. The largest absolute Gasteiger partial charge is 0.481 e. The number of H-pyrrole nitrogens is 1. The normalized spacial score (nSPS) is 14.3. The predicted molar refractivity (Wildman–Crippen MR) is 78.1 cm³/mol. The second-order valence-electron chi connectivity index (χ2n) is 5.52. The summed E-state index contributed by atoms with van der Waals surface area (Å²) in [6.45, 7) is 0. The lowest BCUT2D eigenvalue weighted by Crippen LogP contribution is -2.25. The van der Waals surface area contributed by atoms with Gasteiger partial charge in [0.25, 0.3) is 0 Å².